The number of aliphatic carboxylic acids is 1. The number of alkyl halides is 3. The van der Waals surface area contributed by atoms with Gasteiger partial charge < -0.3 is 15.7 Å². The van der Waals surface area contributed by atoms with Crippen molar-refractivity contribution in [2.75, 3.05) is 36.8 Å². The van der Waals surface area contributed by atoms with Gasteiger partial charge >= 0.3 is 12.1 Å². The molecule has 0 bridgehead atoms. The maximum Gasteiger partial charge on any atom is 0.416 e. The summed E-state index contributed by atoms with van der Waals surface area (Å²) in [4.78, 5) is 14.0. The number of carboxylic acids is 1. The SMILES string of the molecule is CC(C)(CC#Cc1ccccc1)C(N)(CS(=O)(=O)N1CCN(c2ccc(C(F)(F)F)cc2)CC1)C(=O)O. The summed E-state index contributed by atoms with van der Waals surface area (Å²) in [6.45, 7) is 3.74. The maximum absolute atomic E-state index is 13.2. The van der Waals surface area contributed by atoms with E-state index >= 15 is 0 Å². The summed E-state index contributed by atoms with van der Waals surface area (Å²) in [5.41, 5.74) is 3.51. The number of halogens is 3. The molecule has 3 rings (SSSR count). The molecule has 1 atom stereocenters. The van der Waals surface area contributed by atoms with E-state index in [4.69, 9.17) is 5.73 Å². The molecule has 1 aliphatic heterocycles. The van der Waals surface area contributed by atoms with Gasteiger partial charge in [-0.05, 0) is 36.4 Å². The average Bonchev–Trinajstić information content (AvgIpc) is 2.84. The molecule has 37 heavy (non-hydrogen) atoms. The molecule has 1 saturated heterocycles. The van der Waals surface area contributed by atoms with Crippen LogP contribution in [0.3, 0.4) is 0 Å². The molecule has 0 radical (unpaired) electrons. The number of anilines is 1. The molecule has 1 heterocycles. The lowest BCUT2D eigenvalue weighted by Crippen LogP contribution is -2.64. The maximum atomic E-state index is 13.2. The van der Waals surface area contributed by atoms with Crippen molar-refractivity contribution in [3.8, 4) is 11.8 Å². The van der Waals surface area contributed by atoms with E-state index in [9.17, 15) is 31.5 Å². The van der Waals surface area contributed by atoms with Crippen LogP contribution in [0.5, 0.6) is 0 Å². The first kappa shape index (κ1) is 28.5. The number of carbonyl (C=O) groups is 1. The van der Waals surface area contributed by atoms with Gasteiger partial charge in [-0.3, -0.25) is 4.79 Å². The number of rotatable bonds is 7. The zero-order valence-corrected chi connectivity index (χ0v) is 21.4. The number of sulfonamides is 1. The highest BCUT2D eigenvalue weighted by Crippen LogP contribution is 2.35. The number of piperazine rings is 1. The normalized spacial score (nSPS) is 17.0. The van der Waals surface area contributed by atoms with Crippen LogP contribution in [0.2, 0.25) is 0 Å². The minimum absolute atomic E-state index is 0.0489. The quantitative estimate of drug-likeness (QED) is 0.525. The number of carboxylic acid groups (broad SMARTS) is 1. The van der Waals surface area contributed by atoms with Gasteiger partial charge in [0.1, 0.15) is 5.54 Å². The van der Waals surface area contributed by atoms with Gasteiger partial charge in [-0.2, -0.15) is 17.5 Å². The smallest absolute Gasteiger partial charge is 0.416 e. The largest absolute Gasteiger partial charge is 0.480 e. The van der Waals surface area contributed by atoms with Gasteiger partial charge in [-0.1, -0.05) is 43.9 Å². The monoisotopic (exact) mass is 537 g/mol. The molecule has 2 aromatic rings. The molecular weight excluding hydrogens is 507 g/mol. The van der Waals surface area contributed by atoms with E-state index in [0.717, 1.165) is 17.7 Å². The van der Waals surface area contributed by atoms with Crippen LogP contribution in [0.1, 0.15) is 31.4 Å². The Morgan fingerprint density at radius 2 is 1.57 bits per heavy atom. The van der Waals surface area contributed by atoms with Crippen molar-refractivity contribution in [1.29, 1.82) is 0 Å². The second-order valence-electron chi connectivity index (χ2n) is 9.69. The lowest BCUT2D eigenvalue weighted by atomic mass is 9.71. The Kier molecular flexibility index (Phi) is 8.27. The Hall–Kier alpha value is -3.07. The van der Waals surface area contributed by atoms with Crippen molar-refractivity contribution >= 4 is 21.7 Å². The lowest BCUT2D eigenvalue weighted by molar-refractivity contribution is -0.147. The van der Waals surface area contributed by atoms with Gasteiger partial charge in [0.2, 0.25) is 10.0 Å². The molecule has 0 amide bonds. The van der Waals surface area contributed by atoms with Crippen molar-refractivity contribution in [3.05, 3.63) is 65.7 Å². The van der Waals surface area contributed by atoms with E-state index in [2.05, 4.69) is 11.8 Å². The summed E-state index contributed by atoms with van der Waals surface area (Å²) in [6, 6.07) is 13.8. The third-order valence-electron chi connectivity index (χ3n) is 6.73. The third-order valence-corrected chi connectivity index (χ3v) is 8.70. The first-order valence-electron chi connectivity index (χ1n) is 11.6. The number of hydrogen-bond acceptors (Lipinski definition) is 5. The Balaban J connectivity index is 1.69. The van der Waals surface area contributed by atoms with E-state index < -0.39 is 44.4 Å². The van der Waals surface area contributed by atoms with E-state index in [-0.39, 0.29) is 32.6 Å². The summed E-state index contributed by atoms with van der Waals surface area (Å²) < 4.78 is 66.1. The molecule has 7 nitrogen and oxygen atoms in total. The van der Waals surface area contributed by atoms with Gasteiger partial charge in [0.05, 0.1) is 11.3 Å². The molecule has 3 N–H and O–H groups in total. The summed E-state index contributed by atoms with van der Waals surface area (Å²) in [5, 5.41) is 9.97. The Labute approximate surface area is 215 Å². The molecule has 2 aromatic carbocycles. The highest BCUT2D eigenvalue weighted by Gasteiger charge is 2.52. The predicted molar refractivity (Wildman–Crippen MR) is 135 cm³/mol. The van der Waals surface area contributed by atoms with Gasteiger partial charge in [-0.15, -0.1) is 0 Å². The Morgan fingerprint density at radius 1 is 1.00 bits per heavy atom. The van der Waals surface area contributed by atoms with Gasteiger partial charge in [-0.25, -0.2) is 8.42 Å². The minimum atomic E-state index is -4.44. The minimum Gasteiger partial charge on any atom is -0.480 e. The predicted octanol–water partition coefficient (Wildman–Crippen LogP) is 3.41. The van der Waals surface area contributed by atoms with Crippen molar-refractivity contribution in [2.45, 2.75) is 32.0 Å². The van der Waals surface area contributed by atoms with Crippen molar-refractivity contribution in [2.24, 2.45) is 11.1 Å². The summed E-state index contributed by atoms with van der Waals surface area (Å²) in [7, 11) is -4.07. The highest BCUT2D eigenvalue weighted by molar-refractivity contribution is 7.89. The fraction of sp³-hybridized carbons (Fsp3) is 0.423. The number of nitrogens with two attached hydrogens (primary N) is 1. The number of hydrogen-bond donors (Lipinski definition) is 2. The van der Waals surface area contributed by atoms with Gasteiger partial charge in [0.25, 0.3) is 0 Å². The molecule has 0 spiro atoms. The first-order chi connectivity index (χ1) is 17.2. The van der Waals surface area contributed by atoms with Crippen LogP contribution in [0.15, 0.2) is 54.6 Å². The lowest BCUT2D eigenvalue weighted by Gasteiger charge is -2.41. The van der Waals surface area contributed by atoms with E-state index in [1.54, 1.807) is 18.7 Å². The summed E-state index contributed by atoms with van der Waals surface area (Å²) >= 11 is 0. The van der Waals surface area contributed by atoms with E-state index in [1.165, 1.54) is 16.4 Å². The fourth-order valence-electron chi connectivity index (χ4n) is 4.06. The Morgan fingerprint density at radius 3 is 2.08 bits per heavy atom. The van der Waals surface area contributed by atoms with Crippen LogP contribution in [-0.4, -0.2) is 61.3 Å². The third kappa shape index (κ3) is 6.63. The standard InChI is InChI=1S/C26H30F3N3O4S/c1-24(2,14-6-9-20-7-4-3-5-8-20)25(30,23(33)34)19-37(35,36)32-17-15-31(16-18-32)22-12-10-21(11-13-22)26(27,28)29/h3-5,7-8,10-13H,14-19,30H2,1-2H3,(H,33,34). The molecular formula is C26H30F3N3O4S. The van der Waals surface area contributed by atoms with Crippen LogP contribution in [0.4, 0.5) is 18.9 Å². The summed E-state index contributed by atoms with van der Waals surface area (Å²) in [5.74, 6) is 3.62. The molecule has 1 fully saturated rings. The zero-order chi connectivity index (χ0) is 27.5. The molecule has 1 aliphatic rings. The van der Waals surface area contributed by atoms with Gasteiger partial charge in [0.15, 0.2) is 0 Å². The first-order valence-corrected chi connectivity index (χ1v) is 13.2. The number of benzene rings is 2. The molecule has 11 heteroatoms. The summed E-state index contributed by atoms with van der Waals surface area (Å²) in [6.07, 6.45) is -4.38. The van der Waals surface area contributed by atoms with E-state index in [1.807, 2.05) is 30.3 Å². The average molecular weight is 538 g/mol. The van der Waals surface area contributed by atoms with Crippen LogP contribution in [0.25, 0.3) is 0 Å². The highest BCUT2D eigenvalue weighted by atomic mass is 32.2. The van der Waals surface area contributed by atoms with Gasteiger partial charge in [0, 0.05) is 49.3 Å². The van der Waals surface area contributed by atoms with Crippen LogP contribution in [-0.2, 0) is 21.0 Å². The molecule has 0 aliphatic carbocycles. The van der Waals surface area contributed by atoms with Crippen LogP contribution < -0.4 is 10.6 Å². The Bertz CT molecular complexity index is 1260. The second-order valence-corrected chi connectivity index (χ2v) is 11.7. The number of nitrogens with zero attached hydrogens (tertiary/aromatic N) is 2. The van der Waals surface area contributed by atoms with Crippen molar-refractivity contribution in [1.82, 2.24) is 4.31 Å². The van der Waals surface area contributed by atoms with Crippen LogP contribution in [0, 0.1) is 17.3 Å². The fourth-order valence-corrected chi connectivity index (χ4v) is 6.05. The molecule has 0 saturated carbocycles. The topological polar surface area (TPSA) is 104 Å². The molecule has 1 unspecified atom stereocenters. The second kappa shape index (κ2) is 10.7. The van der Waals surface area contributed by atoms with Crippen molar-refractivity contribution < 1.29 is 31.5 Å². The van der Waals surface area contributed by atoms with Crippen LogP contribution >= 0.6 is 0 Å². The zero-order valence-electron chi connectivity index (χ0n) is 20.6. The molecule has 200 valence electrons. The molecule has 0 aromatic heterocycles. The van der Waals surface area contributed by atoms with Crippen molar-refractivity contribution in [3.63, 3.8) is 0 Å². The van der Waals surface area contributed by atoms with E-state index in [0.29, 0.717) is 5.69 Å².